The Labute approximate surface area is 293 Å². The molecular formula is C38H41Cl2N3O4S. The first kappa shape index (κ1) is 35.5. The lowest BCUT2D eigenvalue weighted by molar-refractivity contribution is -0.140. The van der Waals surface area contributed by atoms with Crippen LogP contribution in [0, 0.1) is 13.8 Å². The van der Waals surface area contributed by atoms with Crippen molar-refractivity contribution in [3.8, 4) is 0 Å². The Bertz CT molecular complexity index is 1830. The summed E-state index contributed by atoms with van der Waals surface area (Å²) in [6.07, 6.45) is 5.18. The van der Waals surface area contributed by atoms with Crippen LogP contribution in [0.4, 0.5) is 5.69 Å². The van der Waals surface area contributed by atoms with Crippen LogP contribution in [0.25, 0.3) is 0 Å². The first-order valence-corrected chi connectivity index (χ1v) is 18.5. The average molecular weight is 707 g/mol. The van der Waals surface area contributed by atoms with Gasteiger partial charge in [-0.1, -0.05) is 115 Å². The van der Waals surface area contributed by atoms with E-state index in [0.717, 1.165) is 47.5 Å². The van der Waals surface area contributed by atoms with Gasteiger partial charge in [-0.05, 0) is 73.7 Å². The van der Waals surface area contributed by atoms with Crippen LogP contribution in [-0.4, -0.2) is 43.8 Å². The van der Waals surface area contributed by atoms with Crippen molar-refractivity contribution in [2.24, 2.45) is 0 Å². The van der Waals surface area contributed by atoms with Gasteiger partial charge in [0.05, 0.1) is 20.6 Å². The molecule has 252 valence electrons. The molecule has 10 heteroatoms. The van der Waals surface area contributed by atoms with Crippen LogP contribution in [0.5, 0.6) is 0 Å². The van der Waals surface area contributed by atoms with Gasteiger partial charge in [0, 0.05) is 19.0 Å². The number of hydrogen-bond acceptors (Lipinski definition) is 4. The van der Waals surface area contributed by atoms with Crippen LogP contribution < -0.4 is 9.62 Å². The average Bonchev–Trinajstić information content (AvgIpc) is 3.08. The smallest absolute Gasteiger partial charge is 0.264 e. The molecule has 0 unspecified atom stereocenters. The fourth-order valence-electron chi connectivity index (χ4n) is 6.13. The first-order chi connectivity index (χ1) is 23.0. The van der Waals surface area contributed by atoms with Gasteiger partial charge in [0.2, 0.25) is 11.8 Å². The fraction of sp³-hybridized carbons (Fsp3) is 0.316. The van der Waals surface area contributed by atoms with Crippen molar-refractivity contribution in [3.05, 3.63) is 129 Å². The van der Waals surface area contributed by atoms with E-state index in [-0.39, 0.29) is 29.8 Å². The highest BCUT2D eigenvalue weighted by Gasteiger charge is 2.36. The van der Waals surface area contributed by atoms with Crippen LogP contribution in [0.3, 0.4) is 0 Å². The molecule has 5 rings (SSSR count). The Morgan fingerprint density at radius 3 is 2.15 bits per heavy atom. The molecule has 1 fully saturated rings. The number of para-hydroxylation sites is 1. The van der Waals surface area contributed by atoms with Gasteiger partial charge in [-0.2, -0.15) is 0 Å². The molecule has 0 aromatic heterocycles. The molecule has 7 nitrogen and oxygen atoms in total. The number of aryl methyl sites for hydroxylation is 2. The van der Waals surface area contributed by atoms with Crippen molar-refractivity contribution < 1.29 is 18.0 Å². The van der Waals surface area contributed by atoms with Gasteiger partial charge in [0.25, 0.3) is 10.0 Å². The lowest BCUT2D eigenvalue weighted by Crippen LogP contribution is -2.55. The van der Waals surface area contributed by atoms with Crippen LogP contribution >= 0.6 is 23.2 Å². The van der Waals surface area contributed by atoms with Crippen LogP contribution in [0.2, 0.25) is 10.0 Å². The zero-order chi connectivity index (χ0) is 34.3. The molecule has 0 spiro atoms. The minimum absolute atomic E-state index is 0.0110. The van der Waals surface area contributed by atoms with Gasteiger partial charge >= 0.3 is 0 Å². The lowest BCUT2D eigenvalue weighted by Gasteiger charge is -2.35. The summed E-state index contributed by atoms with van der Waals surface area (Å²) in [7, 11) is -4.19. The quantitative estimate of drug-likeness (QED) is 0.162. The second-order valence-corrected chi connectivity index (χ2v) is 15.1. The number of rotatable bonds is 12. The third-order valence-electron chi connectivity index (χ3n) is 8.83. The molecule has 1 aliphatic carbocycles. The van der Waals surface area contributed by atoms with E-state index in [0.29, 0.717) is 26.9 Å². The highest BCUT2D eigenvalue weighted by Crippen LogP contribution is 2.29. The highest BCUT2D eigenvalue weighted by atomic mass is 35.5. The topological polar surface area (TPSA) is 86.8 Å². The number of nitrogens with one attached hydrogen (secondary N) is 1. The summed E-state index contributed by atoms with van der Waals surface area (Å²) in [6.45, 7) is 3.17. The number of benzene rings is 4. The molecule has 0 radical (unpaired) electrons. The normalized spacial score (nSPS) is 14.2. The van der Waals surface area contributed by atoms with Gasteiger partial charge in [-0.3, -0.25) is 13.9 Å². The summed E-state index contributed by atoms with van der Waals surface area (Å²) in [5.41, 5.74) is 3.51. The summed E-state index contributed by atoms with van der Waals surface area (Å²) in [5, 5.41) is 3.91. The molecule has 1 saturated carbocycles. The van der Waals surface area contributed by atoms with E-state index >= 15 is 0 Å². The van der Waals surface area contributed by atoms with Crippen LogP contribution in [0.15, 0.2) is 102 Å². The number of amides is 2. The van der Waals surface area contributed by atoms with E-state index in [1.165, 1.54) is 4.90 Å². The standard InChI is InChI=1S/C38H41Cl2N3O4S/c1-27-17-20-32(21-18-27)48(46,47)43(35-16-10-9-11-28(35)2)26-37(44)42(25-30-19-22-33(39)34(40)23-30)36(24-29-12-5-3-6-13-29)38(45)41-31-14-7-4-8-15-31/h3,5-6,9-13,16-23,31,36H,4,7-8,14-15,24-26H2,1-2H3,(H,41,45)/t36-/m1/s1. The number of halogens is 2. The second kappa shape index (κ2) is 16.0. The summed E-state index contributed by atoms with van der Waals surface area (Å²) < 4.78 is 29.7. The van der Waals surface area contributed by atoms with Crippen molar-refractivity contribution in [2.75, 3.05) is 10.8 Å². The Morgan fingerprint density at radius 1 is 0.812 bits per heavy atom. The molecule has 0 aliphatic heterocycles. The molecule has 0 heterocycles. The molecule has 0 saturated heterocycles. The van der Waals surface area contributed by atoms with Crippen molar-refractivity contribution in [1.29, 1.82) is 0 Å². The summed E-state index contributed by atoms with van der Waals surface area (Å²) in [4.78, 5) is 30.5. The molecule has 0 bridgehead atoms. The van der Waals surface area contributed by atoms with Crippen LogP contribution in [-0.2, 0) is 32.6 Å². The lowest BCUT2D eigenvalue weighted by atomic mass is 9.94. The summed E-state index contributed by atoms with van der Waals surface area (Å²) in [6, 6.07) is 27.3. The fourth-order valence-corrected chi connectivity index (χ4v) is 7.93. The van der Waals surface area contributed by atoms with Gasteiger partial charge in [-0.25, -0.2) is 8.42 Å². The minimum atomic E-state index is -4.19. The number of sulfonamides is 1. The van der Waals surface area contributed by atoms with E-state index in [4.69, 9.17) is 23.2 Å². The van der Waals surface area contributed by atoms with E-state index in [1.807, 2.05) is 43.3 Å². The van der Waals surface area contributed by atoms with Crippen molar-refractivity contribution in [2.45, 2.75) is 75.9 Å². The zero-order valence-corrected chi connectivity index (χ0v) is 29.6. The molecule has 1 N–H and O–H groups in total. The maximum absolute atomic E-state index is 14.7. The predicted octanol–water partition coefficient (Wildman–Crippen LogP) is 7.89. The maximum atomic E-state index is 14.7. The summed E-state index contributed by atoms with van der Waals surface area (Å²) in [5.74, 6) is -0.803. The van der Waals surface area contributed by atoms with E-state index in [9.17, 15) is 18.0 Å². The van der Waals surface area contributed by atoms with E-state index in [2.05, 4.69) is 5.32 Å². The van der Waals surface area contributed by atoms with Crippen molar-refractivity contribution in [1.82, 2.24) is 10.2 Å². The number of nitrogens with zero attached hydrogens (tertiary/aromatic N) is 2. The van der Waals surface area contributed by atoms with Crippen molar-refractivity contribution >= 4 is 50.7 Å². The number of anilines is 1. The van der Waals surface area contributed by atoms with Crippen molar-refractivity contribution in [3.63, 3.8) is 0 Å². The number of carbonyl (C=O) groups excluding carboxylic acids is 2. The van der Waals surface area contributed by atoms with Crippen LogP contribution in [0.1, 0.15) is 54.4 Å². The van der Waals surface area contributed by atoms with E-state index in [1.54, 1.807) is 67.6 Å². The second-order valence-electron chi connectivity index (χ2n) is 12.4. The summed E-state index contributed by atoms with van der Waals surface area (Å²) >= 11 is 12.6. The molecule has 48 heavy (non-hydrogen) atoms. The molecule has 2 amide bonds. The van der Waals surface area contributed by atoms with Gasteiger partial charge < -0.3 is 10.2 Å². The Balaban J connectivity index is 1.58. The predicted molar refractivity (Wildman–Crippen MR) is 193 cm³/mol. The molecule has 1 atom stereocenters. The third-order valence-corrected chi connectivity index (χ3v) is 11.3. The Morgan fingerprint density at radius 2 is 1.48 bits per heavy atom. The first-order valence-electron chi connectivity index (χ1n) is 16.3. The van der Waals surface area contributed by atoms with Gasteiger partial charge in [0.1, 0.15) is 12.6 Å². The maximum Gasteiger partial charge on any atom is 0.264 e. The van der Waals surface area contributed by atoms with E-state index < -0.39 is 28.5 Å². The minimum Gasteiger partial charge on any atom is -0.352 e. The third kappa shape index (κ3) is 8.78. The molecular weight excluding hydrogens is 665 g/mol. The number of hydrogen-bond donors (Lipinski definition) is 1. The number of carbonyl (C=O) groups is 2. The largest absolute Gasteiger partial charge is 0.352 e. The monoisotopic (exact) mass is 705 g/mol. The SMILES string of the molecule is Cc1ccc(S(=O)(=O)N(CC(=O)N(Cc2ccc(Cl)c(Cl)c2)[C@H](Cc2ccccc2)C(=O)NC2CCCCC2)c2ccccc2C)cc1. The molecule has 1 aliphatic rings. The highest BCUT2D eigenvalue weighted by molar-refractivity contribution is 7.92. The Hall–Kier alpha value is -3.85. The molecule has 4 aromatic rings. The van der Waals surface area contributed by atoms with Gasteiger partial charge in [-0.15, -0.1) is 0 Å². The Kier molecular flexibility index (Phi) is 11.8. The molecule has 4 aromatic carbocycles. The zero-order valence-electron chi connectivity index (χ0n) is 27.2. The van der Waals surface area contributed by atoms with Gasteiger partial charge in [0.15, 0.2) is 0 Å².